The number of H-pyrrole nitrogens is 1. The lowest BCUT2D eigenvalue weighted by molar-refractivity contribution is -0.150. The Morgan fingerprint density at radius 1 is 0.855 bits per heavy atom. The Kier molecular flexibility index (Phi) is 12.7. The number of nitrogens with one attached hydrogen (secondary N) is 4. The van der Waals surface area contributed by atoms with Crippen molar-refractivity contribution in [1.29, 1.82) is 0 Å². The molecule has 0 bridgehead atoms. The number of thiazole rings is 2. The third-order valence-electron chi connectivity index (χ3n) is 9.16. The molecule has 2 fully saturated rings. The van der Waals surface area contributed by atoms with Gasteiger partial charge in [0.25, 0.3) is 23.6 Å². The number of carbonyl (C=O) groups is 6. The molecule has 3 aromatic heterocycles. The van der Waals surface area contributed by atoms with Crippen LogP contribution in [0.25, 0.3) is 0 Å². The molecule has 3 aromatic rings. The lowest BCUT2D eigenvalue weighted by Gasteiger charge is -2.49. The van der Waals surface area contributed by atoms with E-state index in [0.29, 0.717) is 11.1 Å². The van der Waals surface area contributed by atoms with Crippen molar-refractivity contribution >= 4 is 115 Å². The molecule has 0 unspecified atom stereocenters. The van der Waals surface area contributed by atoms with Crippen LogP contribution in [-0.2, 0) is 45.5 Å². The van der Waals surface area contributed by atoms with Crippen molar-refractivity contribution in [2.45, 2.75) is 28.0 Å². The average molecular weight is 950 g/mol. The molecule has 30 heteroatoms. The van der Waals surface area contributed by atoms with Crippen LogP contribution in [-0.4, -0.2) is 153 Å². The van der Waals surface area contributed by atoms with Crippen molar-refractivity contribution in [1.82, 2.24) is 45.2 Å². The first-order chi connectivity index (χ1) is 29.6. The van der Waals surface area contributed by atoms with Crippen molar-refractivity contribution in [2.75, 3.05) is 49.1 Å². The second-order valence-corrected chi connectivity index (χ2v) is 17.8. The van der Waals surface area contributed by atoms with Gasteiger partial charge in [0.05, 0.1) is 0 Å². The van der Waals surface area contributed by atoms with E-state index in [-0.39, 0.29) is 73.4 Å². The lowest BCUT2D eigenvalue weighted by atomic mass is 10.0. The van der Waals surface area contributed by atoms with Crippen LogP contribution in [0.3, 0.4) is 0 Å². The largest absolute Gasteiger partial charge is 0.477 e. The van der Waals surface area contributed by atoms with Crippen molar-refractivity contribution in [3.05, 3.63) is 65.4 Å². The van der Waals surface area contributed by atoms with Gasteiger partial charge in [-0.2, -0.15) is 4.98 Å². The third-order valence-corrected chi connectivity index (χ3v) is 14.4. The molecule has 0 aliphatic carbocycles. The number of carbonyl (C=O) groups excluding carboxylic acids is 4. The SMILES string of the molecule is CO/N=C(\C(=O)N[C@@H]1C(=O)N2C(C(=O)O)=C(CNc3nc(/C(=N\OC)C(=O)N[C@@H]4C(=O)N5C(C(=O)O)=C(CSc6nc(=O)c(=O)[nH]n6C)CS[C@H]45)cs3)CS[C@H]12)c1csc(N)n1. The summed E-state index contributed by atoms with van der Waals surface area (Å²) >= 11 is 5.55. The number of β-lactam (4-membered cyclic amide) rings is 2. The minimum Gasteiger partial charge on any atom is -0.477 e. The molecule has 7 rings (SSSR count). The molecule has 326 valence electrons. The summed E-state index contributed by atoms with van der Waals surface area (Å²) in [6, 6.07) is -2.21. The summed E-state index contributed by atoms with van der Waals surface area (Å²) in [5.74, 6) is -5.38. The van der Waals surface area contributed by atoms with Crippen LogP contribution >= 0.6 is 58.0 Å². The van der Waals surface area contributed by atoms with Crippen LogP contribution in [0.1, 0.15) is 11.4 Å². The second kappa shape index (κ2) is 18.0. The van der Waals surface area contributed by atoms with Crippen molar-refractivity contribution < 1.29 is 48.7 Å². The van der Waals surface area contributed by atoms with E-state index in [0.717, 1.165) is 44.2 Å². The molecule has 4 aliphatic rings. The van der Waals surface area contributed by atoms with Crippen LogP contribution in [0.2, 0.25) is 0 Å². The fourth-order valence-electron chi connectivity index (χ4n) is 6.41. The summed E-state index contributed by atoms with van der Waals surface area (Å²) in [4.78, 5) is 125. The van der Waals surface area contributed by atoms with Gasteiger partial charge in [0.15, 0.2) is 26.8 Å². The monoisotopic (exact) mass is 949 g/mol. The summed E-state index contributed by atoms with van der Waals surface area (Å²) in [5.41, 5.74) is 3.56. The van der Waals surface area contributed by atoms with Gasteiger partial charge >= 0.3 is 23.1 Å². The van der Waals surface area contributed by atoms with Crippen molar-refractivity contribution in [3.8, 4) is 0 Å². The fourth-order valence-corrected chi connectivity index (χ4v) is 11.4. The highest BCUT2D eigenvalue weighted by molar-refractivity contribution is 8.01. The molecule has 0 spiro atoms. The number of rotatable bonds is 16. The van der Waals surface area contributed by atoms with Crippen LogP contribution < -0.4 is 32.8 Å². The number of carboxylic acid groups (broad SMARTS) is 2. The van der Waals surface area contributed by atoms with Gasteiger partial charge in [-0.05, 0) is 11.1 Å². The highest BCUT2D eigenvalue weighted by Gasteiger charge is 2.56. The van der Waals surface area contributed by atoms with Gasteiger partial charge in [-0.3, -0.25) is 48.3 Å². The molecule has 2 saturated heterocycles. The van der Waals surface area contributed by atoms with Crippen LogP contribution in [0, 0.1) is 0 Å². The Balaban J connectivity index is 0.982. The number of hydrogen-bond acceptors (Lipinski definition) is 22. The molecular formula is C32H31N13O12S5. The van der Waals surface area contributed by atoms with E-state index < -0.39 is 69.5 Å². The molecule has 0 radical (unpaired) electrons. The summed E-state index contributed by atoms with van der Waals surface area (Å²) in [6.45, 7) is -0.0707. The number of thioether (sulfide) groups is 3. The highest BCUT2D eigenvalue weighted by atomic mass is 32.2. The van der Waals surface area contributed by atoms with E-state index in [1.807, 2.05) is 0 Å². The van der Waals surface area contributed by atoms with Gasteiger partial charge in [0.2, 0.25) is 0 Å². The van der Waals surface area contributed by atoms with Crippen molar-refractivity contribution in [3.63, 3.8) is 0 Å². The molecule has 4 atom stereocenters. The maximum Gasteiger partial charge on any atom is 0.352 e. The number of aryl methyl sites for hydroxylation is 1. The lowest BCUT2D eigenvalue weighted by Crippen LogP contribution is -2.71. The number of nitrogens with two attached hydrogens (primary N) is 1. The first kappa shape index (κ1) is 43.8. The summed E-state index contributed by atoms with van der Waals surface area (Å²) in [5, 5.41) is 40.2. The molecule has 4 aliphatic heterocycles. The smallest absolute Gasteiger partial charge is 0.352 e. The molecule has 25 nitrogen and oxygen atoms in total. The number of hydrogen-bond donors (Lipinski definition) is 7. The Bertz CT molecular complexity index is 2650. The zero-order valence-corrected chi connectivity index (χ0v) is 36.0. The predicted molar refractivity (Wildman–Crippen MR) is 224 cm³/mol. The Morgan fingerprint density at radius 2 is 1.39 bits per heavy atom. The van der Waals surface area contributed by atoms with Crippen LogP contribution in [0.5, 0.6) is 0 Å². The molecular weight excluding hydrogens is 919 g/mol. The Hall–Kier alpha value is -6.24. The van der Waals surface area contributed by atoms with E-state index in [9.17, 15) is 48.6 Å². The number of nitrogen functional groups attached to an aromatic ring is 1. The van der Waals surface area contributed by atoms with E-state index in [1.165, 1.54) is 60.2 Å². The van der Waals surface area contributed by atoms with Crippen molar-refractivity contribution in [2.24, 2.45) is 17.4 Å². The number of nitrogens with zero attached hydrogens (tertiary/aromatic N) is 8. The number of oxime groups is 2. The zero-order chi connectivity index (χ0) is 44.6. The van der Waals surface area contributed by atoms with Gasteiger partial charge in [-0.15, -0.1) is 46.2 Å². The molecule has 4 amide bonds. The molecule has 62 heavy (non-hydrogen) atoms. The van der Waals surface area contributed by atoms with Gasteiger partial charge in [-0.25, -0.2) is 19.6 Å². The first-order valence-electron chi connectivity index (χ1n) is 17.5. The van der Waals surface area contributed by atoms with Gasteiger partial charge < -0.3 is 41.6 Å². The number of amides is 4. The molecule has 0 saturated carbocycles. The number of aromatic nitrogens is 5. The number of fused-ring (bicyclic) bond motifs is 2. The first-order valence-corrected chi connectivity index (χ1v) is 22.3. The van der Waals surface area contributed by atoms with Gasteiger partial charge in [-0.1, -0.05) is 22.1 Å². The highest BCUT2D eigenvalue weighted by Crippen LogP contribution is 2.42. The minimum atomic E-state index is -1.37. The van der Waals surface area contributed by atoms with Crippen LogP contribution in [0.4, 0.5) is 10.3 Å². The second-order valence-electron chi connectivity index (χ2n) is 12.9. The third kappa shape index (κ3) is 8.36. The maximum atomic E-state index is 13.5. The quantitative estimate of drug-likeness (QED) is 0.0270. The number of anilines is 2. The normalized spacial score (nSPS) is 21.1. The van der Waals surface area contributed by atoms with E-state index in [1.54, 1.807) is 0 Å². The molecule has 8 N–H and O–H groups in total. The van der Waals surface area contributed by atoms with E-state index in [4.69, 9.17) is 15.4 Å². The number of carboxylic acids is 2. The Morgan fingerprint density at radius 3 is 1.92 bits per heavy atom. The number of aliphatic carboxylic acids is 2. The molecule has 7 heterocycles. The van der Waals surface area contributed by atoms with Crippen LogP contribution in [0.15, 0.2) is 58.4 Å². The zero-order valence-electron chi connectivity index (χ0n) is 32.0. The summed E-state index contributed by atoms with van der Waals surface area (Å²) in [6.07, 6.45) is 0. The molecule has 0 aromatic carbocycles. The van der Waals surface area contributed by atoms with E-state index in [2.05, 4.69) is 46.3 Å². The standard InChI is InChI=1S/C32H31N13O12S5/c1-43-32(39-22(48)23(49)40-43)62-7-11-6-59-27-17(25(51)45(27)19(11)29(54)55)38-21(47)15(42-57-3)13-9-61-31(36-13)34-4-10-5-58-26-16(24(50)44(26)18(10)28(52)53)37-20(46)14(41-56-2)12-8-60-30(33)35-12/h8-9,16-17,26-27H,4-7H2,1-3H3,(H2,33,35)(H,34,36)(H,37,46)(H,38,47)(H,40,49)(H,52,53)(H,54,55)/b41-14-,42-15+/t16-,17-,26-,27-/m1/s1. The maximum absolute atomic E-state index is 13.5. The minimum absolute atomic E-state index is 0.0300. The van der Waals surface area contributed by atoms with Gasteiger partial charge in [0.1, 0.15) is 59.8 Å². The summed E-state index contributed by atoms with van der Waals surface area (Å²) < 4.78 is 1.22. The Labute approximate surface area is 367 Å². The van der Waals surface area contributed by atoms with Gasteiger partial charge in [0, 0.05) is 41.6 Å². The van der Waals surface area contributed by atoms with E-state index >= 15 is 0 Å². The average Bonchev–Trinajstić information content (AvgIpc) is 3.90. The predicted octanol–water partition coefficient (Wildman–Crippen LogP) is -1.95. The topological polar surface area (TPSA) is 348 Å². The fraction of sp³-hybridized carbons (Fsp3) is 0.344. The number of aromatic amines is 1. The summed E-state index contributed by atoms with van der Waals surface area (Å²) in [7, 11) is 3.89.